The number of benzene rings is 1. The van der Waals surface area contributed by atoms with Crippen LogP contribution in [0, 0.1) is 0 Å². The molecule has 3 rings (SSSR count). The van der Waals surface area contributed by atoms with Gasteiger partial charge in [-0.25, -0.2) is 0 Å². The van der Waals surface area contributed by atoms with Crippen LogP contribution >= 0.6 is 0 Å². The van der Waals surface area contributed by atoms with Gasteiger partial charge in [-0.3, -0.25) is 5.10 Å². The quantitative estimate of drug-likeness (QED) is 0.628. The lowest BCUT2D eigenvalue weighted by Crippen LogP contribution is -1.86. The van der Waals surface area contributed by atoms with E-state index in [2.05, 4.69) is 15.2 Å². The zero-order valence-electron chi connectivity index (χ0n) is 9.32. The second-order valence-electron chi connectivity index (χ2n) is 3.82. The number of nitrogens with two attached hydrogens (primary N) is 1. The Morgan fingerprint density at radius 2 is 2.18 bits per heavy atom. The molecule has 0 fully saturated rings. The third-order valence-electron chi connectivity index (χ3n) is 2.76. The van der Waals surface area contributed by atoms with Gasteiger partial charge in [0.15, 0.2) is 0 Å². The van der Waals surface area contributed by atoms with Crippen LogP contribution in [0.3, 0.4) is 0 Å². The van der Waals surface area contributed by atoms with Gasteiger partial charge in [0.05, 0.1) is 12.8 Å². The summed E-state index contributed by atoms with van der Waals surface area (Å²) < 4.78 is 5.37. The van der Waals surface area contributed by atoms with Crippen LogP contribution in [0.25, 0.3) is 22.2 Å². The van der Waals surface area contributed by atoms with E-state index in [1.807, 2.05) is 24.4 Å². The Kier molecular flexibility index (Phi) is 2.04. The van der Waals surface area contributed by atoms with Crippen molar-refractivity contribution >= 4 is 16.7 Å². The number of nitrogen functional groups attached to an aromatic ring is 1. The van der Waals surface area contributed by atoms with E-state index in [1.54, 1.807) is 13.2 Å². The first-order valence-electron chi connectivity index (χ1n) is 5.24. The van der Waals surface area contributed by atoms with Gasteiger partial charge in [-0.15, -0.1) is 0 Å². The monoisotopic (exact) mass is 228 g/mol. The van der Waals surface area contributed by atoms with Gasteiger partial charge < -0.3 is 15.5 Å². The molecule has 0 saturated carbocycles. The number of hydrogen-bond donors (Lipinski definition) is 3. The van der Waals surface area contributed by atoms with E-state index < -0.39 is 0 Å². The first-order valence-corrected chi connectivity index (χ1v) is 5.24. The minimum Gasteiger partial charge on any atom is -0.496 e. The van der Waals surface area contributed by atoms with Gasteiger partial charge in [0, 0.05) is 28.7 Å². The normalized spacial score (nSPS) is 10.9. The second kappa shape index (κ2) is 3.55. The highest BCUT2D eigenvalue weighted by Gasteiger charge is 2.08. The number of rotatable bonds is 2. The number of fused-ring (bicyclic) bond motifs is 1. The lowest BCUT2D eigenvalue weighted by molar-refractivity contribution is 0.420. The minimum atomic E-state index is 0.477. The number of methoxy groups -OCH3 is 1. The first-order chi connectivity index (χ1) is 8.28. The van der Waals surface area contributed by atoms with E-state index in [0.717, 1.165) is 27.9 Å². The predicted molar refractivity (Wildman–Crippen MR) is 66.8 cm³/mol. The summed E-state index contributed by atoms with van der Waals surface area (Å²) in [5.41, 5.74) is 8.48. The summed E-state index contributed by atoms with van der Waals surface area (Å²) in [6, 6.07) is 7.77. The lowest BCUT2D eigenvalue weighted by Gasteiger charge is -2.05. The molecule has 5 nitrogen and oxygen atoms in total. The highest BCUT2D eigenvalue weighted by Crippen LogP contribution is 2.31. The largest absolute Gasteiger partial charge is 0.496 e. The van der Waals surface area contributed by atoms with Gasteiger partial charge in [-0.2, -0.15) is 5.10 Å². The summed E-state index contributed by atoms with van der Waals surface area (Å²) in [4.78, 5) is 3.17. The number of hydrogen-bond acceptors (Lipinski definition) is 3. The molecule has 17 heavy (non-hydrogen) atoms. The predicted octanol–water partition coefficient (Wildman–Crippen LogP) is 2.15. The van der Waals surface area contributed by atoms with Gasteiger partial charge in [0.25, 0.3) is 0 Å². The number of ether oxygens (including phenoxy) is 1. The van der Waals surface area contributed by atoms with Crippen LogP contribution in [0.15, 0.2) is 30.5 Å². The maximum absolute atomic E-state index is 5.60. The van der Waals surface area contributed by atoms with Gasteiger partial charge >= 0.3 is 0 Å². The number of H-pyrrole nitrogens is 2. The zero-order valence-corrected chi connectivity index (χ0v) is 9.32. The van der Waals surface area contributed by atoms with Crippen molar-refractivity contribution in [1.29, 1.82) is 0 Å². The fourth-order valence-electron chi connectivity index (χ4n) is 1.94. The van der Waals surface area contributed by atoms with Crippen molar-refractivity contribution in [3.8, 4) is 17.0 Å². The van der Waals surface area contributed by atoms with Crippen LogP contribution in [0.1, 0.15) is 0 Å². The molecule has 3 aromatic rings. The Morgan fingerprint density at radius 3 is 2.88 bits per heavy atom. The topological polar surface area (TPSA) is 79.7 Å². The van der Waals surface area contributed by atoms with Crippen LogP contribution in [-0.2, 0) is 0 Å². The summed E-state index contributed by atoms with van der Waals surface area (Å²) in [7, 11) is 1.66. The van der Waals surface area contributed by atoms with E-state index in [1.165, 1.54) is 0 Å². The summed E-state index contributed by atoms with van der Waals surface area (Å²) in [6.07, 6.45) is 1.89. The molecule has 0 radical (unpaired) electrons. The third-order valence-corrected chi connectivity index (χ3v) is 2.76. The Labute approximate surface area is 97.6 Å². The number of aromatic nitrogens is 3. The molecule has 0 bridgehead atoms. The smallest absolute Gasteiger partial charge is 0.145 e. The standard InChI is InChI=1S/C12H12N4O/c1-17-11-5-7(9-6-12(13)16-15-9)4-10-8(11)2-3-14-10/h2-6,14H,1H3,(H3,13,15,16). The van der Waals surface area contributed by atoms with Crippen molar-refractivity contribution < 1.29 is 4.74 Å². The van der Waals surface area contributed by atoms with Crippen molar-refractivity contribution in [2.75, 3.05) is 12.8 Å². The van der Waals surface area contributed by atoms with Crippen molar-refractivity contribution in [2.45, 2.75) is 0 Å². The van der Waals surface area contributed by atoms with Crippen LogP contribution in [0.2, 0.25) is 0 Å². The van der Waals surface area contributed by atoms with Crippen LogP contribution in [0.5, 0.6) is 5.75 Å². The number of anilines is 1. The molecule has 0 atom stereocenters. The van der Waals surface area contributed by atoms with Crippen molar-refractivity contribution in [3.63, 3.8) is 0 Å². The number of nitrogens with zero attached hydrogens (tertiary/aromatic N) is 1. The number of nitrogens with one attached hydrogen (secondary N) is 2. The summed E-state index contributed by atoms with van der Waals surface area (Å²) in [5.74, 6) is 1.30. The van der Waals surface area contributed by atoms with Crippen LogP contribution in [-0.4, -0.2) is 22.3 Å². The van der Waals surface area contributed by atoms with E-state index >= 15 is 0 Å². The third kappa shape index (κ3) is 1.52. The summed E-state index contributed by atoms with van der Waals surface area (Å²) in [5, 5.41) is 7.86. The van der Waals surface area contributed by atoms with Crippen molar-refractivity contribution in [3.05, 3.63) is 30.5 Å². The average molecular weight is 228 g/mol. The number of aromatic amines is 2. The molecule has 5 heteroatoms. The molecule has 86 valence electrons. The first kappa shape index (κ1) is 9.77. The molecule has 0 aliphatic carbocycles. The Bertz CT molecular complexity index is 668. The summed E-state index contributed by atoms with van der Waals surface area (Å²) >= 11 is 0. The van der Waals surface area contributed by atoms with Crippen LogP contribution < -0.4 is 10.5 Å². The second-order valence-corrected chi connectivity index (χ2v) is 3.82. The molecule has 0 aliphatic rings. The Morgan fingerprint density at radius 1 is 1.29 bits per heavy atom. The minimum absolute atomic E-state index is 0.477. The zero-order chi connectivity index (χ0) is 11.8. The fraction of sp³-hybridized carbons (Fsp3) is 0.0833. The van der Waals surface area contributed by atoms with Crippen molar-refractivity contribution in [1.82, 2.24) is 15.2 Å². The molecule has 2 heterocycles. The van der Waals surface area contributed by atoms with Gasteiger partial charge in [-0.1, -0.05) is 0 Å². The molecular formula is C12H12N4O. The Balaban J connectivity index is 2.23. The van der Waals surface area contributed by atoms with E-state index in [0.29, 0.717) is 5.82 Å². The highest BCUT2D eigenvalue weighted by molar-refractivity contribution is 5.90. The Hall–Kier alpha value is -2.43. The maximum atomic E-state index is 5.60. The van der Waals surface area contributed by atoms with E-state index in [9.17, 15) is 0 Å². The van der Waals surface area contributed by atoms with Crippen molar-refractivity contribution in [2.24, 2.45) is 0 Å². The fourth-order valence-corrected chi connectivity index (χ4v) is 1.94. The maximum Gasteiger partial charge on any atom is 0.145 e. The molecule has 1 aromatic carbocycles. The molecule has 2 aromatic heterocycles. The molecule has 0 spiro atoms. The van der Waals surface area contributed by atoms with Crippen LogP contribution in [0.4, 0.5) is 5.82 Å². The van der Waals surface area contributed by atoms with E-state index in [4.69, 9.17) is 10.5 Å². The molecule has 4 N–H and O–H groups in total. The van der Waals surface area contributed by atoms with Gasteiger partial charge in [0.1, 0.15) is 11.6 Å². The molecular weight excluding hydrogens is 216 g/mol. The molecule has 0 aliphatic heterocycles. The molecule has 0 unspecified atom stereocenters. The molecule has 0 saturated heterocycles. The van der Waals surface area contributed by atoms with Gasteiger partial charge in [0.2, 0.25) is 0 Å². The lowest BCUT2D eigenvalue weighted by atomic mass is 10.1. The SMILES string of the molecule is COc1cc(-c2cc(N)n[nH]2)cc2[nH]ccc12. The molecule has 0 amide bonds. The average Bonchev–Trinajstić information content (AvgIpc) is 2.95. The highest BCUT2D eigenvalue weighted by atomic mass is 16.5. The van der Waals surface area contributed by atoms with Gasteiger partial charge in [-0.05, 0) is 18.2 Å². The summed E-state index contributed by atoms with van der Waals surface area (Å²) in [6.45, 7) is 0. The van der Waals surface area contributed by atoms with E-state index in [-0.39, 0.29) is 0 Å².